The van der Waals surface area contributed by atoms with Crippen molar-refractivity contribution in [2.75, 3.05) is 20.9 Å². The van der Waals surface area contributed by atoms with Gasteiger partial charge in [0.1, 0.15) is 11.5 Å². The number of phenolic OH excluding ortho intramolecular Hbond substituents is 2. The highest BCUT2D eigenvalue weighted by Crippen LogP contribution is 2.43. The summed E-state index contributed by atoms with van der Waals surface area (Å²) >= 11 is 0. The highest BCUT2D eigenvalue weighted by atomic mass is 16.3. The van der Waals surface area contributed by atoms with Gasteiger partial charge in [-0.3, -0.25) is 0 Å². The summed E-state index contributed by atoms with van der Waals surface area (Å²) in [7, 11) is 0. The molecule has 0 saturated carbocycles. The summed E-state index contributed by atoms with van der Waals surface area (Å²) in [5, 5.41) is 33.9. The standard InChI is InChI=1S/C62H82N4O2/c1-41(38-58(2,3)4)33-42-17-19-45(20-18-42)63-46-21-23-47(24-22-46)64-48-25-27-49(28-26-48)65-50-29-31-51(32-30-50)66(39-43-34-52(59(5,6)7)56(67)53(35-43)60(8,9)10)40-44-36-54(61(11,12)13)57(68)55(37-44)62(14,15)16/h17-32,34-37,41,63-65,67-68H,33,38-40H2,1-16H3. The predicted molar refractivity (Wildman–Crippen MR) is 293 cm³/mol. The summed E-state index contributed by atoms with van der Waals surface area (Å²) in [6.45, 7) is 36.5. The highest BCUT2D eigenvalue weighted by molar-refractivity contribution is 5.69. The van der Waals surface area contributed by atoms with Crippen LogP contribution in [-0.4, -0.2) is 10.2 Å². The zero-order valence-electron chi connectivity index (χ0n) is 44.3. The van der Waals surface area contributed by atoms with E-state index in [-0.39, 0.29) is 21.7 Å². The van der Waals surface area contributed by atoms with Crippen molar-refractivity contribution in [1.29, 1.82) is 0 Å². The molecule has 5 N–H and O–H groups in total. The van der Waals surface area contributed by atoms with Gasteiger partial charge in [0, 0.05) is 52.9 Å². The summed E-state index contributed by atoms with van der Waals surface area (Å²) in [4.78, 5) is 2.41. The molecule has 0 aliphatic rings. The zero-order valence-corrected chi connectivity index (χ0v) is 44.3. The minimum absolute atomic E-state index is 0.241. The number of benzene rings is 6. The van der Waals surface area contributed by atoms with Crippen molar-refractivity contribution in [3.8, 4) is 11.5 Å². The first kappa shape index (κ1) is 51.5. The molecule has 0 spiro atoms. The van der Waals surface area contributed by atoms with E-state index >= 15 is 0 Å². The lowest BCUT2D eigenvalue weighted by Crippen LogP contribution is -2.25. The Morgan fingerprint density at radius 1 is 0.397 bits per heavy atom. The number of aromatic hydroxyl groups is 2. The molecule has 0 amide bonds. The molecule has 362 valence electrons. The van der Waals surface area contributed by atoms with Gasteiger partial charge in [-0.1, -0.05) is 123 Å². The summed E-state index contributed by atoms with van der Waals surface area (Å²) in [5.41, 5.74) is 14.1. The van der Waals surface area contributed by atoms with Crippen LogP contribution in [0.4, 0.5) is 39.8 Å². The van der Waals surface area contributed by atoms with Crippen LogP contribution >= 0.6 is 0 Å². The van der Waals surface area contributed by atoms with E-state index in [4.69, 9.17) is 0 Å². The Morgan fingerprint density at radius 2 is 0.662 bits per heavy atom. The van der Waals surface area contributed by atoms with Crippen molar-refractivity contribution in [1.82, 2.24) is 0 Å². The summed E-state index contributed by atoms with van der Waals surface area (Å²) in [6.07, 6.45) is 2.32. The predicted octanol–water partition coefficient (Wildman–Crippen LogP) is 17.3. The van der Waals surface area contributed by atoms with E-state index < -0.39 is 0 Å². The summed E-state index contributed by atoms with van der Waals surface area (Å²) < 4.78 is 0. The number of rotatable bonds is 14. The van der Waals surface area contributed by atoms with E-state index in [1.54, 1.807) is 0 Å². The molecule has 0 aliphatic heterocycles. The first-order valence-corrected chi connectivity index (χ1v) is 24.7. The maximum atomic E-state index is 11.6. The molecular weight excluding hydrogens is 833 g/mol. The second kappa shape index (κ2) is 20.0. The quantitative estimate of drug-likeness (QED) is 0.0749. The molecule has 6 heteroatoms. The topological polar surface area (TPSA) is 79.8 Å². The van der Waals surface area contributed by atoms with E-state index in [0.29, 0.717) is 35.9 Å². The lowest BCUT2D eigenvalue weighted by atomic mass is 9.78. The number of anilines is 7. The molecule has 6 rings (SSSR count). The van der Waals surface area contributed by atoms with E-state index in [2.05, 4.69) is 253 Å². The normalized spacial score (nSPS) is 13.0. The minimum atomic E-state index is -0.241. The highest BCUT2D eigenvalue weighted by Gasteiger charge is 2.29. The third-order valence-electron chi connectivity index (χ3n) is 12.7. The van der Waals surface area contributed by atoms with Gasteiger partial charge in [-0.2, -0.15) is 0 Å². The van der Waals surface area contributed by atoms with Gasteiger partial charge < -0.3 is 31.1 Å². The van der Waals surface area contributed by atoms with Crippen LogP contribution in [0.5, 0.6) is 11.5 Å². The average molecular weight is 915 g/mol. The molecule has 0 aliphatic carbocycles. The second-order valence-corrected chi connectivity index (χ2v) is 24.8. The van der Waals surface area contributed by atoms with Crippen molar-refractivity contribution in [3.05, 3.63) is 160 Å². The molecule has 0 radical (unpaired) electrons. The summed E-state index contributed by atoms with van der Waals surface area (Å²) in [6, 6.07) is 43.1. The molecule has 68 heavy (non-hydrogen) atoms. The Balaban J connectivity index is 1.18. The number of hydrogen-bond donors (Lipinski definition) is 5. The first-order valence-electron chi connectivity index (χ1n) is 24.7. The Hall–Kier alpha value is -5.88. The van der Waals surface area contributed by atoms with Crippen molar-refractivity contribution in [2.45, 2.75) is 158 Å². The first-order chi connectivity index (χ1) is 31.5. The molecule has 0 heterocycles. The Labute approximate surface area is 410 Å². The molecule has 0 aromatic heterocycles. The van der Waals surface area contributed by atoms with Gasteiger partial charge in [0.2, 0.25) is 0 Å². The van der Waals surface area contributed by atoms with Gasteiger partial charge in [0.05, 0.1) is 0 Å². The Bertz CT molecular complexity index is 2460. The molecule has 6 nitrogen and oxygen atoms in total. The molecule has 6 aromatic rings. The van der Waals surface area contributed by atoms with Crippen LogP contribution in [0.1, 0.15) is 156 Å². The van der Waals surface area contributed by atoms with Gasteiger partial charge >= 0.3 is 0 Å². The molecule has 0 saturated heterocycles. The maximum Gasteiger partial charge on any atom is 0.123 e. The second-order valence-electron chi connectivity index (χ2n) is 24.8. The van der Waals surface area contributed by atoms with Gasteiger partial charge in [-0.15, -0.1) is 0 Å². The van der Waals surface area contributed by atoms with Crippen molar-refractivity contribution in [2.24, 2.45) is 11.3 Å². The monoisotopic (exact) mass is 915 g/mol. The fourth-order valence-electron chi connectivity index (χ4n) is 9.31. The number of nitrogens with one attached hydrogen (secondary N) is 3. The van der Waals surface area contributed by atoms with Crippen LogP contribution in [0.25, 0.3) is 0 Å². The maximum absolute atomic E-state index is 11.6. The lowest BCUT2D eigenvalue weighted by Gasteiger charge is -2.32. The average Bonchev–Trinajstić information content (AvgIpc) is 3.22. The van der Waals surface area contributed by atoms with Crippen LogP contribution in [0.3, 0.4) is 0 Å². The van der Waals surface area contributed by atoms with E-state index in [1.807, 2.05) is 0 Å². The Morgan fingerprint density at radius 3 is 0.926 bits per heavy atom. The number of phenols is 2. The molecule has 0 fully saturated rings. The third kappa shape index (κ3) is 13.9. The minimum Gasteiger partial charge on any atom is -0.507 e. The van der Waals surface area contributed by atoms with Gasteiger partial charge in [0.15, 0.2) is 0 Å². The Kier molecular flexibility index (Phi) is 15.1. The van der Waals surface area contributed by atoms with Gasteiger partial charge in [0.25, 0.3) is 0 Å². The van der Waals surface area contributed by atoms with Crippen molar-refractivity contribution < 1.29 is 10.2 Å². The van der Waals surface area contributed by atoms with E-state index in [9.17, 15) is 10.2 Å². The molecule has 1 unspecified atom stereocenters. The van der Waals surface area contributed by atoms with Crippen molar-refractivity contribution >= 4 is 39.8 Å². The molecule has 1 atom stereocenters. The third-order valence-corrected chi connectivity index (χ3v) is 12.7. The molecule has 6 aromatic carbocycles. The SMILES string of the molecule is CC(Cc1ccc(Nc2ccc(Nc3ccc(Nc4ccc(N(Cc5cc(C(C)(C)C)c(O)c(C(C)(C)C)c5)Cc5cc(C(C)(C)C)c(O)c(C(C)(C)C)c5)cc4)cc3)cc2)cc1)CC(C)(C)C. The van der Waals surface area contributed by atoms with Crippen LogP contribution in [0.2, 0.25) is 0 Å². The molecule has 0 bridgehead atoms. The van der Waals surface area contributed by atoms with Crippen LogP contribution in [-0.2, 0) is 41.2 Å². The van der Waals surface area contributed by atoms with Gasteiger partial charge in [-0.25, -0.2) is 0 Å². The fourth-order valence-corrected chi connectivity index (χ4v) is 9.31. The lowest BCUT2D eigenvalue weighted by molar-refractivity contribution is 0.306. The number of hydrogen-bond acceptors (Lipinski definition) is 6. The van der Waals surface area contributed by atoms with Crippen molar-refractivity contribution in [3.63, 3.8) is 0 Å². The summed E-state index contributed by atoms with van der Waals surface area (Å²) in [5.74, 6) is 1.43. The fraction of sp³-hybridized carbons (Fsp3) is 0.419. The van der Waals surface area contributed by atoms with Crippen LogP contribution in [0, 0.1) is 11.3 Å². The van der Waals surface area contributed by atoms with Crippen LogP contribution < -0.4 is 20.9 Å². The van der Waals surface area contributed by atoms with E-state index in [1.165, 1.54) is 12.0 Å². The zero-order chi connectivity index (χ0) is 50.0. The van der Waals surface area contributed by atoms with Crippen LogP contribution in [0.15, 0.2) is 121 Å². The molecular formula is C62H82N4O2. The largest absolute Gasteiger partial charge is 0.507 e. The van der Waals surface area contributed by atoms with Gasteiger partial charge in [-0.05, 0) is 194 Å². The smallest absolute Gasteiger partial charge is 0.123 e. The van der Waals surface area contributed by atoms with E-state index in [0.717, 1.165) is 79.6 Å². The number of nitrogens with zero attached hydrogens (tertiary/aromatic N) is 1.